The molecule has 0 bridgehead atoms. The van der Waals surface area contributed by atoms with Crippen molar-refractivity contribution < 1.29 is 27.8 Å². The highest BCUT2D eigenvalue weighted by molar-refractivity contribution is 5.46. The summed E-state index contributed by atoms with van der Waals surface area (Å²) in [5, 5.41) is 9.38. The highest BCUT2D eigenvalue weighted by Crippen LogP contribution is 2.36. The summed E-state index contributed by atoms with van der Waals surface area (Å²) in [5.74, 6) is 2.01. The van der Waals surface area contributed by atoms with Crippen LogP contribution in [0.1, 0.15) is 24.0 Å². The number of hydrogen-bond acceptors (Lipinski definition) is 3. The fraction of sp³-hybridized carbons (Fsp3) is 0.400. The quantitative estimate of drug-likeness (QED) is 0.708. The van der Waals surface area contributed by atoms with Crippen molar-refractivity contribution in [3.8, 4) is 17.2 Å². The lowest BCUT2D eigenvalue weighted by molar-refractivity contribution is -0.136. The first kappa shape index (κ1) is 18.6. The van der Waals surface area contributed by atoms with Crippen LogP contribution in [0.15, 0.2) is 42.5 Å². The normalized spacial score (nSPS) is 16.4. The molecule has 1 atom stereocenters. The molecule has 0 saturated carbocycles. The van der Waals surface area contributed by atoms with Crippen molar-refractivity contribution in [2.45, 2.75) is 31.9 Å². The van der Waals surface area contributed by atoms with Crippen LogP contribution in [0.3, 0.4) is 0 Å². The fourth-order valence-corrected chi connectivity index (χ4v) is 3.15. The van der Waals surface area contributed by atoms with Gasteiger partial charge in [0.25, 0.3) is 0 Å². The van der Waals surface area contributed by atoms with Crippen LogP contribution in [0.25, 0.3) is 0 Å². The van der Waals surface area contributed by atoms with E-state index in [0.29, 0.717) is 11.5 Å². The third-order valence-corrected chi connectivity index (χ3v) is 4.40. The zero-order valence-electron chi connectivity index (χ0n) is 14.3. The van der Waals surface area contributed by atoms with Crippen molar-refractivity contribution in [1.29, 1.82) is 0 Å². The third-order valence-electron chi connectivity index (χ3n) is 4.40. The topological polar surface area (TPSA) is 38.7 Å². The molecule has 2 aromatic carbocycles. The van der Waals surface area contributed by atoms with Gasteiger partial charge in [-0.2, -0.15) is 13.2 Å². The number of rotatable bonds is 7. The van der Waals surface area contributed by atoms with E-state index in [0.717, 1.165) is 24.2 Å². The Kier molecular flexibility index (Phi) is 5.71. The minimum Gasteiger partial charge on any atom is -0.493 e. The molecular weight excluding hydrogens is 345 g/mol. The lowest BCUT2D eigenvalue weighted by Crippen LogP contribution is -2.09. The van der Waals surface area contributed by atoms with E-state index in [1.54, 1.807) is 24.3 Å². The number of fused-ring (bicyclic) bond motifs is 1. The van der Waals surface area contributed by atoms with Crippen LogP contribution in [0.4, 0.5) is 13.2 Å². The molecule has 0 spiro atoms. The van der Waals surface area contributed by atoms with Gasteiger partial charge < -0.3 is 14.6 Å². The number of aliphatic hydroxyl groups excluding tert-OH is 1. The molecule has 1 unspecified atom stereocenters. The van der Waals surface area contributed by atoms with Crippen LogP contribution < -0.4 is 9.47 Å². The van der Waals surface area contributed by atoms with E-state index in [9.17, 15) is 18.3 Å². The summed E-state index contributed by atoms with van der Waals surface area (Å²) < 4.78 is 47.8. The molecule has 0 amide bonds. The van der Waals surface area contributed by atoms with E-state index in [1.165, 1.54) is 5.56 Å². The molecule has 2 aromatic rings. The Morgan fingerprint density at radius 1 is 1.04 bits per heavy atom. The molecule has 140 valence electrons. The van der Waals surface area contributed by atoms with Crippen molar-refractivity contribution in [3.63, 3.8) is 0 Å². The molecule has 1 aliphatic rings. The first-order valence-electron chi connectivity index (χ1n) is 8.64. The van der Waals surface area contributed by atoms with Crippen molar-refractivity contribution in [1.82, 2.24) is 0 Å². The molecule has 1 aliphatic carbocycles. The number of benzene rings is 2. The van der Waals surface area contributed by atoms with Crippen LogP contribution in [-0.4, -0.2) is 24.5 Å². The second-order valence-corrected chi connectivity index (χ2v) is 6.49. The van der Waals surface area contributed by atoms with Gasteiger partial charge in [0, 0.05) is 19.1 Å². The number of halogens is 3. The first-order valence-corrected chi connectivity index (χ1v) is 8.64. The maximum absolute atomic E-state index is 12.2. The van der Waals surface area contributed by atoms with Crippen molar-refractivity contribution in [2.24, 2.45) is 5.92 Å². The van der Waals surface area contributed by atoms with E-state index in [1.807, 2.05) is 18.2 Å². The predicted molar refractivity (Wildman–Crippen MR) is 91.7 cm³/mol. The summed E-state index contributed by atoms with van der Waals surface area (Å²) in [7, 11) is 0. The molecule has 1 N–H and O–H groups in total. The van der Waals surface area contributed by atoms with Gasteiger partial charge in [0.15, 0.2) is 0 Å². The first-order chi connectivity index (χ1) is 12.4. The van der Waals surface area contributed by atoms with Gasteiger partial charge in [-0.15, -0.1) is 0 Å². The van der Waals surface area contributed by atoms with Gasteiger partial charge in [-0.05, 0) is 54.5 Å². The van der Waals surface area contributed by atoms with Crippen molar-refractivity contribution in [3.05, 3.63) is 53.6 Å². The van der Waals surface area contributed by atoms with Gasteiger partial charge in [-0.25, -0.2) is 0 Å². The molecule has 0 saturated heterocycles. The summed E-state index contributed by atoms with van der Waals surface area (Å²) >= 11 is 0. The van der Waals surface area contributed by atoms with Gasteiger partial charge in [0.1, 0.15) is 17.2 Å². The molecule has 0 heterocycles. The minimum absolute atomic E-state index is 0.00186. The SMILES string of the molecule is OCC1Cc2cccc(Oc3cccc(OCCCC(F)(F)F)c3)c2C1. The molecule has 3 nitrogen and oxygen atoms in total. The number of alkyl halides is 3. The smallest absolute Gasteiger partial charge is 0.389 e. The lowest BCUT2D eigenvalue weighted by Gasteiger charge is -2.12. The Hall–Kier alpha value is -2.21. The fourth-order valence-electron chi connectivity index (χ4n) is 3.15. The minimum atomic E-state index is -4.16. The summed E-state index contributed by atoms with van der Waals surface area (Å²) in [4.78, 5) is 0. The zero-order valence-corrected chi connectivity index (χ0v) is 14.3. The molecular formula is C20H21F3O3. The summed E-state index contributed by atoms with van der Waals surface area (Å²) in [6.07, 6.45) is -3.48. The zero-order chi connectivity index (χ0) is 18.6. The molecule has 0 aliphatic heterocycles. The molecule has 26 heavy (non-hydrogen) atoms. The molecule has 0 aromatic heterocycles. The van der Waals surface area contributed by atoms with E-state index in [2.05, 4.69) is 0 Å². The third kappa shape index (κ3) is 4.91. The molecule has 0 radical (unpaired) electrons. The standard InChI is InChI=1S/C20H21F3O3/c21-20(22,23)8-3-9-25-16-5-2-6-17(12-16)26-19-7-1-4-15-10-14(13-24)11-18(15)19/h1-2,4-7,12,14,24H,3,8-11,13H2. The second kappa shape index (κ2) is 7.99. The highest BCUT2D eigenvalue weighted by Gasteiger charge is 2.26. The van der Waals surface area contributed by atoms with Crippen LogP contribution in [0, 0.1) is 5.92 Å². The monoisotopic (exact) mass is 366 g/mol. The summed E-state index contributed by atoms with van der Waals surface area (Å²) in [6.45, 7) is 0.150. The number of ether oxygens (including phenoxy) is 2. The van der Waals surface area contributed by atoms with Gasteiger partial charge in [0.2, 0.25) is 0 Å². The Morgan fingerprint density at radius 2 is 1.81 bits per heavy atom. The Bertz CT molecular complexity index is 743. The lowest BCUT2D eigenvalue weighted by atomic mass is 10.1. The van der Waals surface area contributed by atoms with Crippen LogP contribution in [-0.2, 0) is 12.8 Å². The Morgan fingerprint density at radius 3 is 2.58 bits per heavy atom. The highest BCUT2D eigenvalue weighted by atomic mass is 19.4. The van der Waals surface area contributed by atoms with Crippen LogP contribution in [0.5, 0.6) is 17.2 Å². The average Bonchev–Trinajstić information content (AvgIpc) is 3.03. The Labute approximate surface area is 150 Å². The second-order valence-electron chi connectivity index (χ2n) is 6.49. The largest absolute Gasteiger partial charge is 0.493 e. The Balaban J connectivity index is 1.62. The van der Waals surface area contributed by atoms with Gasteiger partial charge in [-0.3, -0.25) is 0 Å². The number of hydrogen-bond donors (Lipinski definition) is 1. The maximum atomic E-state index is 12.2. The van der Waals surface area contributed by atoms with Crippen molar-refractivity contribution >= 4 is 0 Å². The predicted octanol–water partition coefficient (Wildman–Crippen LogP) is 4.91. The van der Waals surface area contributed by atoms with Gasteiger partial charge in [-0.1, -0.05) is 18.2 Å². The van der Waals surface area contributed by atoms with Crippen molar-refractivity contribution in [2.75, 3.05) is 13.2 Å². The van der Waals surface area contributed by atoms with E-state index < -0.39 is 12.6 Å². The van der Waals surface area contributed by atoms with E-state index >= 15 is 0 Å². The van der Waals surface area contributed by atoms with E-state index in [4.69, 9.17) is 9.47 Å². The number of aliphatic hydroxyl groups is 1. The van der Waals surface area contributed by atoms with E-state index in [-0.39, 0.29) is 25.6 Å². The van der Waals surface area contributed by atoms with Gasteiger partial charge in [0.05, 0.1) is 6.61 Å². The molecule has 0 fully saturated rings. The molecule has 3 rings (SSSR count). The maximum Gasteiger partial charge on any atom is 0.389 e. The summed E-state index contributed by atoms with van der Waals surface area (Å²) in [5.41, 5.74) is 2.28. The van der Waals surface area contributed by atoms with Crippen LogP contribution in [0.2, 0.25) is 0 Å². The molecule has 6 heteroatoms. The average molecular weight is 366 g/mol. The van der Waals surface area contributed by atoms with Crippen LogP contribution >= 0.6 is 0 Å². The van der Waals surface area contributed by atoms with Gasteiger partial charge >= 0.3 is 6.18 Å². The summed E-state index contributed by atoms with van der Waals surface area (Å²) in [6, 6.07) is 12.7.